The Kier molecular flexibility index (Phi) is 4.01. The molecule has 0 atom stereocenters. The molecule has 0 aliphatic rings. The van der Waals surface area contributed by atoms with Gasteiger partial charge in [0.2, 0.25) is 0 Å². The van der Waals surface area contributed by atoms with Gasteiger partial charge in [-0.2, -0.15) is 0 Å². The fourth-order valence-corrected chi connectivity index (χ4v) is 2.61. The summed E-state index contributed by atoms with van der Waals surface area (Å²) in [6.45, 7) is 2.04. The second-order valence-corrected chi connectivity index (χ2v) is 4.97. The maximum atomic E-state index is 5.27. The third-order valence-electron chi connectivity index (χ3n) is 1.98. The zero-order valence-corrected chi connectivity index (χ0v) is 11.2. The molecule has 2 rings (SSSR count). The second kappa shape index (κ2) is 5.50. The third kappa shape index (κ3) is 3.09. The van der Waals surface area contributed by atoms with Crippen molar-refractivity contribution in [2.24, 2.45) is 0 Å². The highest BCUT2D eigenvalue weighted by Crippen LogP contribution is 2.23. The number of aryl methyl sites for hydroxylation is 1. The van der Waals surface area contributed by atoms with Crippen LogP contribution in [0.15, 0.2) is 38.5 Å². The number of hydrogen-bond donors (Lipinski definition) is 0. The lowest BCUT2D eigenvalue weighted by Gasteiger charge is -2.02. The molecule has 84 valence electrons. The van der Waals surface area contributed by atoms with Crippen molar-refractivity contribution in [1.82, 2.24) is 9.97 Å². The molecular formula is C11H11BrN2OS. The summed E-state index contributed by atoms with van der Waals surface area (Å²) in [6, 6.07) is 5.78. The largest absolute Gasteiger partial charge is 0.468 e. The van der Waals surface area contributed by atoms with Crippen molar-refractivity contribution >= 4 is 27.7 Å². The van der Waals surface area contributed by atoms with Gasteiger partial charge in [0.15, 0.2) is 0 Å². The minimum Gasteiger partial charge on any atom is -0.468 e. The second-order valence-electron chi connectivity index (χ2n) is 3.17. The van der Waals surface area contributed by atoms with Crippen molar-refractivity contribution in [2.45, 2.75) is 24.1 Å². The molecule has 0 N–H and O–H groups in total. The van der Waals surface area contributed by atoms with Gasteiger partial charge in [-0.15, -0.1) is 0 Å². The Morgan fingerprint density at radius 3 is 3.00 bits per heavy atom. The third-order valence-corrected chi connectivity index (χ3v) is 3.32. The molecule has 0 saturated heterocycles. The first-order valence-corrected chi connectivity index (χ1v) is 6.74. The SMILES string of the molecule is CCc1nc(Br)cc(SCc2ccco2)n1. The highest BCUT2D eigenvalue weighted by molar-refractivity contribution is 9.10. The Bertz CT molecular complexity index is 459. The summed E-state index contributed by atoms with van der Waals surface area (Å²) in [5, 5.41) is 0.968. The van der Waals surface area contributed by atoms with E-state index in [0.29, 0.717) is 0 Å². The minimum absolute atomic E-state index is 0.791. The van der Waals surface area contributed by atoms with Crippen LogP contribution < -0.4 is 0 Å². The van der Waals surface area contributed by atoms with Gasteiger partial charge < -0.3 is 4.42 Å². The summed E-state index contributed by atoms with van der Waals surface area (Å²) in [4.78, 5) is 8.70. The molecule has 2 heterocycles. The Morgan fingerprint density at radius 1 is 1.44 bits per heavy atom. The number of halogens is 1. The normalized spacial score (nSPS) is 10.6. The molecule has 0 saturated carbocycles. The molecule has 0 spiro atoms. The van der Waals surface area contributed by atoms with E-state index in [1.54, 1.807) is 18.0 Å². The summed E-state index contributed by atoms with van der Waals surface area (Å²) >= 11 is 5.03. The zero-order valence-electron chi connectivity index (χ0n) is 8.81. The molecule has 0 aliphatic carbocycles. The van der Waals surface area contributed by atoms with Crippen LogP contribution in [0.2, 0.25) is 0 Å². The van der Waals surface area contributed by atoms with Crippen LogP contribution in [0.1, 0.15) is 18.5 Å². The van der Waals surface area contributed by atoms with E-state index < -0.39 is 0 Å². The maximum Gasteiger partial charge on any atom is 0.130 e. The van der Waals surface area contributed by atoms with Crippen LogP contribution in [0.25, 0.3) is 0 Å². The molecular weight excluding hydrogens is 288 g/mol. The number of rotatable bonds is 4. The van der Waals surface area contributed by atoms with E-state index in [2.05, 4.69) is 25.9 Å². The van der Waals surface area contributed by atoms with Gasteiger partial charge in [-0.25, -0.2) is 9.97 Å². The van der Waals surface area contributed by atoms with Crippen molar-refractivity contribution in [2.75, 3.05) is 0 Å². The Labute approximate surface area is 107 Å². The lowest BCUT2D eigenvalue weighted by atomic mass is 10.4. The van der Waals surface area contributed by atoms with Gasteiger partial charge in [0.25, 0.3) is 0 Å². The number of furan rings is 1. The average Bonchev–Trinajstić information content (AvgIpc) is 2.78. The van der Waals surface area contributed by atoms with E-state index in [-0.39, 0.29) is 0 Å². The van der Waals surface area contributed by atoms with Gasteiger partial charge in [-0.05, 0) is 28.1 Å². The smallest absolute Gasteiger partial charge is 0.130 e. The van der Waals surface area contributed by atoms with Gasteiger partial charge >= 0.3 is 0 Å². The molecule has 16 heavy (non-hydrogen) atoms. The molecule has 0 bridgehead atoms. The standard InChI is InChI=1S/C11H11BrN2OS/c1-2-10-13-9(12)6-11(14-10)16-7-8-4-3-5-15-8/h3-6H,2,7H2,1H3. The molecule has 2 aromatic heterocycles. The molecule has 2 aromatic rings. The Balaban J connectivity index is 2.06. The predicted molar refractivity (Wildman–Crippen MR) is 67.4 cm³/mol. The van der Waals surface area contributed by atoms with Crippen molar-refractivity contribution in [3.8, 4) is 0 Å². The van der Waals surface area contributed by atoms with Gasteiger partial charge in [0.1, 0.15) is 21.2 Å². The van der Waals surface area contributed by atoms with E-state index in [4.69, 9.17) is 4.42 Å². The molecule has 0 amide bonds. The zero-order chi connectivity index (χ0) is 11.4. The van der Waals surface area contributed by atoms with Crippen molar-refractivity contribution in [3.05, 3.63) is 40.7 Å². The minimum atomic E-state index is 0.791. The summed E-state index contributed by atoms with van der Waals surface area (Å²) in [6.07, 6.45) is 2.52. The molecule has 0 radical (unpaired) electrons. The van der Waals surface area contributed by atoms with E-state index >= 15 is 0 Å². The number of hydrogen-bond acceptors (Lipinski definition) is 4. The molecule has 0 fully saturated rings. The Hall–Kier alpha value is -0.810. The van der Waals surface area contributed by atoms with Crippen molar-refractivity contribution in [1.29, 1.82) is 0 Å². The molecule has 5 heteroatoms. The first-order chi connectivity index (χ1) is 7.78. The van der Waals surface area contributed by atoms with E-state index in [9.17, 15) is 0 Å². The lowest BCUT2D eigenvalue weighted by Crippen LogP contribution is -1.94. The summed E-state index contributed by atoms with van der Waals surface area (Å²) < 4.78 is 6.10. The fourth-order valence-electron chi connectivity index (χ4n) is 1.21. The van der Waals surface area contributed by atoms with Gasteiger partial charge in [-0.3, -0.25) is 0 Å². The summed E-state index contributed by atoms with van der Waals surface area (Å²) in [7, 11) is 0. The number of nitrogens with zero attached hydrogens (tertiary/aromatic N) is 2. The van der Waals surface area contributed by atoms with Crippen LogP contribution in [0, 0.1) is 0 Å². The van der Waals surface area contributed by atoms with Crippen LogP contribution in [0.5, 0.6) is 0 Å². The van der Waals surface area contributed by atoms with E-state index in [0.717, 1.165) is 33.4 Å². The maximum absolute atomic E-state index is 5.27. The fraction of sp³-hybridized carbons (Fsp3) is 0.273. The summed E-state index contributed by atoms with van der Waals surface area (Å²) in [5.41, 5.74) is 0. The predicted octanol–water partition coefficient (Wildman–Crippen LogP) is 3.69. The van der Waals surface area contributed by atoms with Crippen LogP contribution in [0.4, 0.5) is 0 Å². The lowest BCUT2D eigenvalue weighted by molar-refractivity contribution is 0.530. The highest BCUT2D eigenvalue weighted by atomic mass is 79.9. The number of aromatic nitrogens is 2. The first-order valence-electron chi connectivity index (χ1n) is 4.96. The van der Waals surface area contributed by atoms with Crippen molar-refractivity contribution in [3.63, 3.8) is 0 Å². The van der Waals surface area contributed by atoms with Crippen molar-refractivity contribution < 1.29 is 4.42 Å². The van der Waals surface area contributed by atoms with Crippen LogP contribution >= 0.6 is 27.7 Å². The summed E-state index contributed by atoms with van der Waals surface area (Å²) in [5.74, 6) is 2.61. The molecule has 0 aromatic carbocycles. The van der Waals surface area contributed by atoms with Gasteiger partial charge in [-0.1, -0.05) is 18.7 Å². The molecule has 3 nitrogen and oxygen atoms in total. The number of thioether (sulfide) groups is 1. The highest BCUT2D eigenvalue weighted by Gasteiger charge is 2.04. The van der Waals surface area contributed by atoms with Crippen LogP contribution in [-0.4, -0.2) is 9.97 Å². The monoisotopic (exact) mass is 298 g/mol. The topological polar surface area (TPSA) is 38.9 Å². The molecule has 0 aliphatic heterocycles. The van der Waals surface area contributed by atoms with Gasteiger partial charge in [0.05, 0.1) is 12.0 Å². The Morgan fingerprint density at radius 2 is 2.31 bits per heavy atom. The first kappa shape index (κ1) is 11.7. The molecule has 0 unspecified atom stereocenters. The van der Waals surface area contributed by atoms with E-state index in [1.807, 2.05) is 25.1 Å². The average molecular weight is 299 g/mol. The van der Waals surface area contributed by atoms with Crippen LogP contribution in [-0.2, 0) is 12.2 Å². The van der Waals surface area contributed by atoms with E-state index in [1.165, 1.54) is 0 Å². The van der Waals surface area contributed by atoms with Gasteiger partial charge in [0, 0.05) is 12.5 Å². The van der Waals surface area contributed by atoms with Crippen LogP contribution in [0.3, 0.4) is 0 Å². The quantitative estimate of drug-likeness (QED) is 0.637.